The predicted octanol–water partition coefficient (Wildman–Crippen LogP) is 4.28. The Morgan fingerprint density at radius 3 is 2.32 bits per heavy atom. The zero-order chi connectivity index (χ0) is 18.2. The van der Waals surface area contributed by atoms with Gasteiger partial charge in [0.25, 0.3) is 0 Å². The van der Waals surface area contributed by atoms with E-state index in [2.05, 4.69) is 10.6 Å². The summed E-state index contributed by atoms with van der Waals surface area (Å²) in [5.41, 5.74) is 4.30. The Bertz CT molecular complexity index is 722. The molecule has 0 aromatic heterocycles. The van der Waals surface area contributed by atoms with Gasteiger partial charge in [0.2, 0.25) is 5.91 Å². The Balaban J connectivity index is 1.71. The molecule has 0 saturated carbocycles. The topological polar surface area (TPSA) is 50.4 Å². The molecule has 0 atom stereocenters. The number of thiocarbonyl (C=S) groups is 1. The molecular formula is C20H24N2O2S. The second-order valence-corrected chi connectivity index (χ2v) is 6.44. The summed E-state index contributed by atoms with van der Waals surface area (Å²) in [4.78, 5) is 12.0. The minimum atomic E-state index is -0.115. The largest absolute Gasteiger partial charge is 0.494 e. The lowest BCUT2D eigenvalue weighted by atomic mass is 10.1. The lowest BCUT2D eigenvalue weighted by Gasteiger charge is -2.14. The normalized spacial score (nSPS) is 10.2. The molecule has 0 bridgehead atoms. The van der Waals surface area contributed by atoms with Crippen LogP contribution in [0.4, 0.5) is 5.69 Å². The Hall–Kier alpha value is -2.40. The van der Waals surface area contributed by atoms with Crippen molar-refractivity contribution in [2.45, 2.75) is 33.6 Å². The number of benzene rings is 2. The van der Waals surface area contributed by atoms with Crippen LogP contribution < -0.4 is 15.4 Å². The maximum atomic E-state index is 12.0. The first-order chi connectivity index (χ1) is 12.0. The van der Waals surface area contributed by atoms with E-state index in [-0.39, 0.29) is 5.91 Å². The maximum absolute atomic E-state index is 12.0. The van der Waals surface area contributed by atoms with E-state index in [0.29, 0.717) is 24.6 Å². The molecule has 2 rings (SSSR count). The molecule has 5 heteroatoms. The molecular weight excluding hydrogens is 332 g/mol. The van der Waals surface area contributed by atoms with Crippen molar-refractivity contribution in [3.63, 3.8) is 0 Å². The lowest BCUT2D eigenvalue weighted by molar-refractivity contribution is -0.119. The Morgan fingerprint density at radius 2 is 1.68 bits per heavy atom. The number of amides is 1. The van der Waals surface area contributed by atoms with Gasteiger partial charge < -0.3 is 15.4 Å². The van der Waals surface area contributed by atoms with Crippen molar-refractivity contribution in [3.8, 4) is 5.75 Å². The van der Waals surface area contributed by atoms with Gasteiger partial charge in [-0.1, -0.05) is 35.9 Å². The average molecular weight is 356 g/mol. The van der Waals surface area contributed by atoms with Crippen molar-refractivity contribution < 1.29 is 9.53 Å². The van der Waals surface area contributed by atoms with Gasteiger partial charge >= 0.3 is 0 Å². The number of nitrogens with one attached hydrogen (secondary N) is 2. The van der Waals surface area contributed by atoms with Crippen LogP contribution in [-0.2, 0) is 4.79 Å². The fraction of sp³-hybridized carbons (Fsp3) is 0.300. The van der Waals surface area contributed by atoms with Crippen molar-refractivity contribution in [2.24, 2.45) is 0 Å². The molecule has 0 aliphatic rings. The third-order valence-electron chi connectivity index (χ3n) is 3.81. The summed E-state index contributed by atoms with van der Waals surface area (Å²) in [6.45, 7) is 6.53. The van der Waals surface area contributed by atoms with Crippen LogP contribution in [0.1, 0.15) is 29.5 Å². The molecule has 132 valence electrons. The zero-order valence-electron chi connectivity index (χ0n) is 14.9. The number of hydrogen-bond acceptors (Lipinski definition) is 3. The number of para-hydroxylation sites is 1. The first kappa shape index (κ1) is 18.9. The van der Waals surface area contributed by atoms with Crippen molar-refractivity contribution in [1.82, 2.24) is 5.32 Å². The highest BCUT2D eigenvalue weighted by Gasteiger charge is 2.08. The second-order valence-electron chi connectivity index (χ2n) is 6.03. The smallest absolute Gasteiger partial charge is 0.226 e. The molecule has 0 heterocycles. The minimum absolute atomic E-state index is 0.115. The highest BCUT2D eigenvalue weighted by atomic mass is 32.1. The van der Waals surface area contributed by atoms with E-state index < -0.39 is 0 Å². The number of carbonyl (C=O) groups is 1. The molecule has 0 fully saturated rings. The second kappa shape index (κ2) is 9.18. The van der Waals surface area contributed by atoms with Gasteiger partial charge in [-0.2, -0.15) is 0 Å². The summed E-state index contributed by atoms with van der Waals surface area (Å²) in [7, 11) is 0. The van der Waals surface area contributed by atoms with Gasteiger partial charge in [-0.15, -0.1) is 0 Å². The number of ether oxygens (including phenoxy) is 1. The molecule has 0 aliphatic carbocycles. The zero-order valence-corrected chi connectivity index (χ0v) is 15.7. The fourth-order valence-corrected chi connectivity index (χ4v) is 2.62. The Labute approximate surface area is 154 Å². The van der Waals surface area contributed by atoms with Crippen molar-refractivity contribution in [3.05, 3.63) is 59.2 Å². The van der Waals surface area contributed by atoms with Crippen molar-refractivity contribution in [2.75, 3.05) is 11.9 Å². The van der Waals surface area contributed by atoms with E-state index in [1.165, 1.54) is 5.56 Å². The van der Waals surface area contributed by atoms with E-state index >= 15 is 0 Å². The Morgan fingerprint density at radius 1 is 1.04 bits per heavy atom. The first-order valence-electron chi connectivity index (χ1n) is 8.32. The molecule has 0 spiro atoms. The standard InChI is InChI=1S/C20H24N2O2S/c1-14-9-11-17(12-10-14)24-13-5-8-18(23)21-20(25)22-19-15(2)6-4-7-16(19)3/h4,6-7,9-12H,5,8,13H2,1-3H3,(H2,21,22,23,25). The number of hydrogen-bond donors (Lipinski definition) is 2. The fourth-order valence-electron chi connectivity index (χ4n) is 2.40. The van der Waals surface area contributed by atoms with Gasteiger partial charge in [-0.25, -0.2) is 0 Å². The van der Waals surface area contributed by atoms with Crippen LogP contribution in [0.5, 0.6) is 5.75 Å². The summed E-state index contributed by atoms with van der Waals surface area (Å²) in [5.74, 6) is 0.703. The van der Waals surface area contributed by atoms with E-state index in [1.54, 1.807) is 0 Å². The maximum Gasteiger partial charge on any atom is 0.226 e. The molecule has 0 aliphatic heterocycles. The van der Waals surface area contributed by atoms with Gasteiger partial charge in [-0.3, -0.25) is 4.79 Å². The first-order valence-corrected chi connectivity index (χ1v) is 8.73. The average Bonchev–Trinajstić information content (AvgIpc) is 2.57. The third-order valence-corrected chi connectivity index (χ3v) is 4.01. The number of anilines is 1. The van der Waals surface area contributed by atoms with Crippen LogP contribution in [0.3, 0.4) is 0 Å². The van der Waals surface area contributed by atoms with Gasteiger partial charge in [0.05, 0.1) is 6.61 Å². The SMILES string of the molecule is Cc1ccc(OCCCC(=O)NC(=S)Nc2c(C)cccc2C)cc1. The van der Waals surface area contributed by atoms with Crippen LogP contribution in [0.25, 0.3) is 0 Å². The van der Waals surface area contributed by atoms with Gasteiger partial charge in [-0.05, 0) is 62.7 Å². The molecule has 1 amide bonds. The molecule has 0 saturated heterocycles. The van der Waals surface area contributed by atoms with Gasteiger partial charge in [0, 0.05) is 12.1 Å². The molecule has 2 aromatic carbocycles. The number of rotatable bonds is 6. The summed E-state index contributed by atoms with van der Waals surface area (Å²) in [6, 6.07) is 13.9. The Kier molecular flexibility index (Phi) is 6.95. The summed E-state index contributed by atoms with van der Waals surface area (Å²) in [5, 5.41) is 6.14. The lowest BCUT2D eigenvalue weighted by Crippen LogP contribution is -2.34. The molecule has 4 nitrogen and oxygen atoms in total. The quantitative estimate of drug-likeness (QED) is 0.599. The van der Waals surface area contributed by atoms with Crippen molar-refractivity contribution >= 4 is 28.9 Å². The van der Waals surface area contributed by atoms with Crippen LogP contribution in [-0.4, -0.2) is 17.6 Å². The van der Waals surface area contributed by atoms with E-state index in [4.69, 9.17) is 17.0 Å². The molecule has 0 unspecified atom stereocenters. The van der Waals surface area contributed by atoms with E-state index in [9.17, 15) is 4.79 Å². The van der Waals surface area contributed by atoms with Crippen LogP contribution in [0, 0.1) is 20.8 Å². The highest BCUT2D eigenvalue weighted by Crippen LogP contribution is 2.19. The van der Waals surface area contributed by atoms with Gasteiger partial charge in [0.1, 0.15) is 5.75 Å². The predicted molar refractivity (Wildman–Crippen MR) is 106 cm³/mol. The number of aryl methyl sites for hydroxylation is 3. The van der Waals surface area contributed by atoms with E-state index in [1.807, 2.05) is 63.2 Å². The molecule has 2 aromatic rings. The monoisotopic (exact) mass is 356 g/mol. The molecule has 25 heavy (non-hydrogen) atoms. The van der Waals surface area contributed by atoms with Crippen LogP contribution in [0.2, 0.25) is 0 Å². The van der Waals surface area contributed by atoms with Gasteiger partial charge in [0.15, 0.2) is 5.11 Å². The van der Waals surface area contributed by atoms with E-state index in [0.717, 1.165) is 22.6 Å². The summed E-state index contributed by atoms with van der Waals surface area (Å²) >= 11 is 5.22. The van der Waals surface area contributed by atoms with Crippen molar-refractivity contribution in [1.29, 1.82) is 0 Å². The molecule has 2 N–H and O–H groups in total. The highest BCUT2D eigenvalue weighted by molar-refractivity contribution is 7.80. The molecule has 0 radical (unpaired) electrons. The summed E-state index contributed by atoms with van der Waals surface area (Å²) in [6.07, 6.45) is 0.992. The third kappa shape index (κ3) is 6.19. The summed E-state index contributed by atoms with van der Waals surface area (Å²) < 4.78 is 5.62. The van der Waals surface area contributed by atoms with Crippen LogP contribution in [0.15, 0.2) is 42.5 Å². The number of carbonyl (C=O) groups excluding carboxylic acids is 1. The minimum Gasteiger partial charge on any atom is -0.494 e. The van der Waals surface area contributed by atoms with Crippen LogP contribution >= 0.6 is 12.2 Å².